The molecule has 148 valence electrons. The summed E-state index contributed by atoms with van der Waals surface area (Å²) >= 11 is 0. The predicted octanol–water partition coefficient (Wildman–Crippen LogP) is 3.69. The Morgan fingerprint density at radius 1 is 1.00 bits per heavy atom. The van der Waals surface area contributed by atoms with Crippen LogP contribution in [0.4, 0.5) is 0 Å². The van der Waals surface area contributed by atoms with Gasteiger partial charge in [0, 0.05) is 5.56 Å². The fourth-order valence-corrected chi connectivity index (χ4v) is 2.68. The summed E-state index contributed by atoms with van der Waals surface area (Å²) in [6.45, 7) is -0.165. The third-order valence-electron chi connectivity index (χ3n) is 4.12. The average Bonchev–Trinajstić information content (AvgIpc) is 3.29. The molecule has 0 fully saturated rings. The van der Waals surface area contributed by atoms with E-state index in [1.165, 1.54) is 6.26 Å². The molecule has 3 aromatic rings. The molecule has 1 heterocycles. The van der Waals surface area contributed by atoms with Crippen molar-refractivity contribution >= 4 is 23.5 Å². The highest BCUT2D eigenvalue weighted by Gasteiger charge is 2.16. The molecular weight excluding hydrogens is 370 g/mol. The number of amides is 1. The molecule has 0 aliphatic rings. The molecule has 0 unspecified atom stereocenters. The summed E-state index contributed by atoms with van der Waals surface area (Å²) in [5, 5.41) is 2.64. The van der Waals surface area contributed by atoms with Gasteiger partial charge in [0.25, 0.3) is 5.91 Å². The van der Waals surface area contributed by atoms with Crippen LogP contribution in [0.25, 0.3) is 11.6 Å². The van der Waals surface area contributed by atoms with Crippen molar-refractivity contribution in [3.05, 3.63) is 89.9 Å². The lowest BCUT2D eigenvalue weighted by Gasteiger charge is -2.11. The van der Waals surface area contributed by atoms with Crippen LogP contribution in [0, 0.1) is 0 Å². The van der Waals surface area contributed by atoms with Crippen LogP contribution in [0.1, 0.15) is 16.9 Å². The maximum Gasteiger partial charge on any atom is 0.339 e. The van der Waals surface area contributed by atoms with Gasteiger partial charge in [-0.15, -0.1) is 0 Å². The van der Waals surface area contributed by atoms with Crippen LogP contribution in [0.15, 0.2) is 77.4 Å². The number of hydrogen-bond acceptors (Lipinski definition) is 5. The van der Waals surface area contributed by atoms with Gasteiger partial charge in [0.05, 0.1) is 25.5 Å². The number of nitrogens with one attached hydrogen (secondary N) is 1. The smallest absolute Gasteiger partial charge is 0.339 e. The van der Waals surface area contributed by atoms with Crippen LogP contribution < -0.4 is 10.1 Å². The largest absolute Gasteiger partial charge is 0.496 e. The number of hydrogen-bond donors (Lipinski definition) is 1. The van der Waals surface area contributed by atoms with Gasteiger partial charge in [-0.25, -0.2) is 4.79 Å². The molecule has 3 rings (SSSR count). The van der Waals surface area contributed by atoms with Gasteiger partial charge < -0.3 is 19.2 Å². The van der Waals surface area contributed by atoms with E-state index in [0.717, 1.165) is 5.56 Å². The predicted molar refractivity (Wildman–Crippen MR) is 109 cm³/mol. The fraction of sp³-hybridized carbons (Fsp3) is 0.130. The highest BCUT2D eigenvalue weighted by atomic mass is 16.5. The molecule has 6 nitrogen and oxygen atoms in total. The van der Waals surface area contributed by atoms with Gasteiger partial charge in [-0.3, -0.25) is 4.79 Å². The zero-order valence-corrected chi connectivity index (χ0v) is 16.0. The molecule has 0 saturated carbocycles. The van der Waals surface area contributed by atoms with Gasteiger partial charge in [-0.05, 0) is 29.8 Å². The Hall–Kier alpha value is -3.80. The van der Waals surface area contributed by atoms with Gasteiger partial charge in [0.15, 0.2) is 6.61 Å². The molecule has 0 spiro atoms. The Morgan fingerprint density at radius 3 is 2.48 bits per heavy atom. The van der Waals surface area contributed by atoms with Crippen LogP contribution in [0.2, 0.25) is 0 Å². The lowest BCUT2D eigenvalue weighted by molar-refractivity contribution is -0.142. The highest BCUT2D eigenvalue weighted by molar-refractivity contribution is 6.22. The van der Waals surface area contributed by atoms with Crippen LogP contribution in [-0.2, 0) is 20.9 Å². The van der Waals surface area contributed by atoms with Gasteiger partial charge in [0.1, 0.15) is 11.5 Å². The summed E-state index contributed by atoms with van der Waals surface area (Å²) in [4.78, 5) is 24.7. The second kappa shape index (κ2) is 9.94. The lowest BCUT2D eigenvalue weighted by atomic mass is 10.0. The second-order valence-electron chi connectivity index (χ2n) is 6.10. The SMILES string of the molecule is COc1ccccc1/C=C(\C(=O)OCC(=O)NCc1ccco1)c1ccccc1. The Kier molecular flexibility index (Phi) is 6.84. The van der Waals surface area contributed by atoms with Crippen molar-refractivity contribution < 1.29 is 23.5 Å². The first-order valence-corrected chi connectivity index (χ1v) is 9.03. The maximum atomic E-state index is 12.8. The van der Waals surface area contributed by atoms with Gasteiger partial charge in [-0.1, -0.05) is 48.5 Å². The third kappa shape index (κ3) is 5.59. The number of carbonyl (C=O) groups is 2. The van der Waals surface area contributed by atoms with E-state index >= 15 is 0 Å². The lowest BCUT2D eigenvalue weighted by Crippen LogP contribution is -2.28. The Bertz CT molecular complexity index is 978. The second-order valence-corrected chi connectivity index (χ2v) is 6.10. The third-order valence-corrected chi connectivity index (χ3v) is 4.12. The van der Waals surface area contributed by atoms with Crippen molar-refractivity contribution in [2.75, 3.05) is 13.7 Å². The first-order chi connectivity index (χ1) is 14.2. The number of ether oxygens (including phenoxy) is 2. The van der Waals surface area contributed by atoms with E-state index in [-0.39, 0.29) is 6.54 Å². The van der Waals surface area contributed by atoms with Crippen molar-refractivity contribution in [1.82, 2.24) is 5.32 Å². The zero-order valence-electron chi connectivity index (χ0n) is 16.0. The fourth-order valence-electron chi connectivity index (χ4n) is 2.68. The average molecular weight is 391 g/mol. The van der Waals surface area contributed by atoms with Crippen LogP contribution >= 0.6 is 0 Å². The minimum absolute atomic E-state index is 0.228. The summed E-state index contributed by atoms with van der Waals surface area (Å²) in [5.41, 5.74) is 1.74. The van der Waals surface area contributed by atoms with Crippen molar-refractivity contribution in [3.63, 3.8) is 0 Å². The highest BCUT2D eigenvalue weighted by Crippen LogP contribution is 2.25. The van der Waals surface area contributed by atoms with Gasteiger partial charge in [0.2, 0.25) is 0 Å². The van der Waals surface area contributed by atoms with E-state index in [0.29, 0.717) is 22.6 Å². The Balaban J connectivity index is 1.73. The number of benzene rings is 2. The number of esters is 1. The van der Waals surface area contributed by atoms with Crippen LogP contribution in [0.5, 0.6) is 5.75 Å². The summed E-state index contributed by atoms with van der Waals surface area (Å²) in [7, 11) is 1.57. The Morgan fingerprint density at radius 2 is 1.76 bits per heavy atom. The Labute approximate surface area is 168 Å². The molecule has 0 saturated heterocycles. The standard InChI is InChI=1S/C23H21NO5/c1-27-21-12-6-5-10-18(21)14-20(17-8-3-2-4-9-17)23(26)29-16-22(25)24-15-19-11-7-13-28-19/h2-14H,15-16H2,1H3,(H,24,25)/b20-14-. The molecule has 0 aliphatic carbocycles. The first-order valence-electron chi connectivity index (χ1n) is 9.03. The maximum absolute atomic E-state index is 12.8. The number of carbonyl (C=O) groups excluding carboxylic acids is 2. The summed E-state index contributed by atoms with van der Waals surface area (Å²) in [6.07, 6.45) is 3.22. The molecule has 2 aromatic carbocycles. The zero-order chi connectivity index (χ0) is 20.5. The van der Waals surface area contributed by atoms with E-state index in [2.05, 4.69) is 5.32 Å². The van der Waals surface area contributed by atoms with Crippen molar-refractivity contribution in [2.24, 2.45) is 0 Å². The minimum Gasteiger partial charge on any atom is -0.496 e. The molecule has 29 heavy (non-hydrogen) atoms. The number of methoxy groups -OCH3 is 1. The molecule has 1 amide bonds. The van der Waals surface area contributed by atoms with E-state index in [1.807, 2.05) is 42.5 Å². The number of furan rings is 1. The van der Waals surface area contributed by atoms with E-state index in [9.17, 15) is 9.59 Å². The van der Waals surface area contributed by atoms with Crippen LogP contribution in [-0.4, -0.2) is 25.6 Å². The quantitative estimate of drug-likeness (QED) is 0.360. The summed E-state index contributed by atoms with van der Waals surface area (Å²) in [6, 6.07) is 19.9. The molecule has 1 aromatic heterocycles. The molecule has 0 radical (unpaired) electrons. The minimum atomic E-state index is -0.602. The van der Waals surface area contributed by atoms with E-state index in [1.54, 1.807) is 37.5 Å². The number of rotatable bonds is 8. The van der Waals surface area contributed by atoms with Crippen molar-refractivity contribution in [3.8, 4) is 5.75 Å². The monoisotopic (exact) mass is 391 g/mol. The summed E-state index contributed by atoms with van der Waals surface area (Å²) in [5.74, 6) is 0.227. The normalized spacial score (nSPS) is 11.0. The molecule has 1 N–H and O–H groups in total. The topological polar surface area (TPSA) is 77.8 Å². The van der Waals surface area contributed by atoms with Crippen molar-refractivity contribution in [2.45, 2.75) is 6.54 Å². The first kappa shape index (κ1) is 19.9. The molecule has 0 atom stereocenters. The van der Waals surface area contributed by atoms with E-state index in [4.69, 9.17) is 13.9 Å². The summed E-state index contributed by atoms with van der Waals surface area (Å²) < 4.78 is 15.8. The molecule has 0 bridgehead atoms. The molecule has 0 aliphatic heterocycles. The van der Waals surface area contributed by atoms with Crippen LogP contribution in [0.3, 0.4) is 0 Å². The molecular formula is C23H21NO5. The van der Waals surface area contributed by atoms with Gasteiger partial charge >= 0.3 is 5.97 Å². The van der Waals surface area contributed by atoms with Gasteiger partial charge in [-0.2, -0.15) is 0 Å². The number of para-hydroxylation sites is 1. The molecule has 6 heteroatoms. The van der Waals surface area contributed by atoms with E-state index < -0.39 is 18.5 Å². The van der Waals surface area contributed by atoms with Crippen molar-refractivity contribution in [1.29, 1.82) is 0 Å².